The van der Waals surface area contributed by atoms with E-state index in [4.69, 9.17) is 4.74 Å². The Morgan fingerprint density at radius 2 is 1.50 bits per heavy atom. The first kappa shape index (κ1) is 30.3. The van der Waals surface area contributed by atoms with Gasteiger partial charge in [-0.25, -0.2) is 9.69 Å². The number of rotatable bonds is 11. The predicted octanol–water partition coefficient (Wildman–Crippen LogP) is 6.00. The molecule has 1 N–H and O–H groups in total. The number of fused-ring (bicyclic) bond motifs is 1. The van der Waals surface area contributed by atoms with Crippen LogP contribution in [0.15, 0.2) is 115 Å². The Kier molecular flexibility index (Phi) is 9.84. The second-order valence-electron chi connectivity index (χ2n) is 10.8. The number of carbonyl (C=O) groups excluding carboxylic acids is 3. The Morgan fingerprint density at radius 1 is 0.841 bits per heavy atom. The van der Waals surface area contributed by atoms with E-state index < -0.39 is 6.09 Å². The SMILES string of the molecule is CN(C)CCN(C(=O)Cc1ccccc1)c1ccc(NC(=CCOC(=O)N2C(=O)Cc3ccccc32)c2ccccc2)cc1. The third-order valence-corrected chi connectivity index (χ3v) is 7.31. The van der Waals surface area contributed by atoms with Crippen LogP contribution in [0, 0.1) is 0 Å². The number of hydrogen-bond donors (Lipinski definition) is 1. The third-order valence-electron chi connectivity index (χ3n) is 7.31. The van der Waals surface area contributed by atoms with Gasteiger partial charge in [-0.3, -0.25) is 9.59 Å². The number of ether oxygens (including phenoxy) is 1. The molecule has 0 aliphatic carbocycles. The molecule has 1 aliphatic heterocycles. The van der Waals surface area contributed by atoms with E-state index in [1.54, 1.807) is 18.2 Å². The minimum Gasteiger partial charge on any atom is -0.445 e. The summed E-state index contributed by atoms with van der Waals surface area (Å²) in [7, 11) is 3.98. The first-order valence-electron chi connectivity index (χ1n) is 14.6. The zero-order valence-electron chi connectivity index (χ0n) is 25.0. The van der Waals surface area contributed by atoms with Crippen molar-refractivity contribution in [2.75, 3.05) is 48.9 Å². The van der Waals surface area contributed by atoms with Crippen LogP contribution in [-0.2, 0) is 27.2 Å². The quantitative estimate of drug-likeness (QED) is 0.231. The van der Waals surface area contributed by atoms with Gasteiger partial charge in [0.2, 0.25) is 11.8 Å². The molecule has 0 spiro atoms. The van der Waals surface area contributed by atoms with Crippen molar-refractivity contribution >= 4 is 40.7 Å². The highest BCUT2D eigenvalue weighted by molar-refractivity contribution is 6.17. The van der Waals surface area contributed by atoms with Crippen LogP contribution in [-0.4, -0.2) is 56.6 Å². The molecule has 0 radical (unpaired) electrons. The summed E-state index contributed by atoms with van der Waals surface area (Å²) in [5.74, 6) is -0.270. The molecule has 0 fully saturated rings. The van der Waals surface area contributed by atoms with E-state index in [0.717, 1.165) is 45.2 Å². The molecule has 0 saturated carbocycles. The van der Waals surface area contributed by atoms with Crippen molar-refractivity contribution in [1.29, 1.82) is 0 Å². The normalized spacial score (nSPS) is 12.7. The molecule has 4 aromatic rings. The molecule has 0 saturated heterocycles. The number of para-hydroxylation sites is 1. The van der Waals surface area contributed by atoms with Gasteiger partial charge in [0.25, 0.3) is 0 Å². The second-order valence-corrected chi connectivity index (χ2v) is 10.8. The molecule has 44 heavy (non-hydrogen) atoms. The average Bonchev–Trinajstić information content (AvgIpc) is 3.37. The lowest BCUT2D eigenvalue weighted by Crippen LogP contribution is -2.37. The highest BCUT2D eigenvalue weighted by Gasteiger charge is 2.33. The lowest BCUT2D eigenvalue weighted by molar-refractivity contribution is -0.118. The number of likely N-dealkylation sites (N-methyl/N-ethyl adjacent to an activating group) is 1. The summed E-state index contributed by atoms with van der Waals surface area (Å²) in [6.45, 7) is 1.26. The number of benzene rings is 4. The molecule has 0 aromatic heterocycles. The number of hydrogen-bond acceptors (Lipinski definition) is 6. The Morgan fingerprint density at radius 3 is 2.20 bits per heavy atom. The lowest BCUT2D eigenvalue weighted by Gasteiger charge is -2.25. The molecular weight excluding hydrogens is 552 g/mol. The monoisotopic (exact) mass is 588 g/mol. The zero-order valence-corrected chi connectivity index (χ0v) is 25.0. The van der Waals surface area contributed by atoms with Gasteiger partial charge in [0.1, 0.15) is 6.61 Å². The molecule has 5 rings (SSSR count). The number of carbonyl (C=O) groups is 3. The summed E-state index contributed by atoms with van der Waals surface area (Å²) < 4.78 is 5.52. The van der Waals surface area contributed by atoms with Crippen LogP contribution in [0.3, 0.4) is 0 Å². The van der Waals surface area contributed by atoms with Gasteiger partial charge in [-0.05, 0) is 67.2 Å². The molecule has 224 valence electrons. The largest absolute Gasteiger partial charge is 0.445 e. The number of amides is 3. The maximum Gasteiger partial charge on any atom is 0.421 e. The molecule has 8 heteroatoms. The van der Waals surface area contributed by atoms with Gasteiger partial charge in [-0.2, -0.15) is 0 Å². The predicted molar refractivity (Wildman–Crippen MR) is 175 cm³/mol. The van der Waals surface area contributed by atoms with E-state index in [2.05, 4.69) is 10.2 Å². The fourth-order valence-corrected chi connectivity index (χ4v) is 5.02. The zero-order chi connectivity index (χ0) is 30.9. The van der Waals surface area contributed by atoms with Crippen LogP contribution in [0.4, 0.5) is 21.9 Å². The minimum absolute atomic E-state index is 0.0320. The molecule has 0 bridgehead atoms. The van der Waals surface area contributed by atoms with Crippen LogP contribution >= 0.6 is 0 Å². The maximum atomic E-state index is 13.3. The van der Waals surface area contributed by atoms with Gasteiger partial charge in [0.15, 0.2) is 0 Å². The van der Waals surface area contributed by atoms with Crippen LogP contribution in [0.5, 0.6) is 0 Å². The van der Waals surface area contributed by atoms with Gasteiger partial charge in [0.05, 0.1) is 18.5 Å². The first-order chi connectivity index (χ1) is 21.4. The van der Waals surface area contributed by atoms with Gasteiger partial charge in [-0.15, -0.1) is 0 Å². The topological polar surface area (TPSA) is 82.2 Å². The van der Waals surface area contributed by atoms with Crippen LogP contribution in [0.1, 0.15) is 16.7 Å². The first-order valence-corrected chi connectivity index (χ1v) is 14.6. The Bertz CT molecular complexity index is 1620. The summed E-state index contributed by atoms with van der Waals surface area (Å²) in [4.78, 5) is 43.7. The summed E-state index contributed by atoms with van der Waals surface area (Å²) in [6.07, 6.45) is 1.58. The van der Waals surface area contributed by atoms with E-state index in [9.17, 15) is 14.4 Å². The number of nitrogens with zero attached hydrogens (tertiary/aromatic N) is 3. The molecule has 1 aliphatic rings. The maximum absolute atomic E-state index is 13.3. The molecule has 0 atom stereocenters. The Labute approximate surface area is 258 Å². The molecule has 3 amide bonds. The van der Waals surface area contributed by atoms with E-state index in [1.165, 1.54) is 0 Å². The summed E-state index contributed by atoms with van der Waals surface area (Å²) >= 11 is 0. The Balaban J connectivity index is 1.30. The van der Waals surface area contributed by atoms with E-state index in [1.807, 2.05) is 116 Å². The molecule has 8 nitrogen and oxygen atoms in total. The molecule has 4 aromatic carbocycles. The fraction of sp³-hybridized carbons (Fsp3) is 0.194. The molecular formula is C36H36N4O4. The van der Waals surface area contributed by atoms with Crippen molar-refractivity contribution in [2.45, 2.75) is 12.8 Å². The molecule has 0 unspecified atom stereocenters. The minimum atomic E-state index is -0.703. The van der Waals surface area contributed by atoms with Crippen LogP contribution in [0.25, 0.3) is 5.70 Å². The summed E-state index contributed by atoms with van der Waals surface area (Å²) in [5.41, 5.74) is 5.61. The standard InChI is InChI=1S/C36H36N4O4/c1-38(2)22-23-39(34(41)25-27-11-5-3-6-12-27)31-19-17-30(18-20-31)37-32(28-13-7-4-8-14-28)21-24-44-36(43)40-33-16-10-9-15-29(33)26-35(40)42/h3-21,37H,22-26H2,1-2H3. The van der Waals surface area contributed by atoms with Crippen molar-refractivity contribution in [2.24, 2.45) is 0 Å². The van der Waals surface area contributed by atoms with Gasteiger partial charge >= 0.3 is 6.09 Å². The van der Waals surface area contributed by atoms with Gasteiger partial charge < -0.3 is 19.9 Å². The lowest BCUT2D eigenvalue weighted by atomic mass is 10.1. The van der Waals surface area contributed by atoms with E-state index in [-0.39, 0.29) is 24.8 Å². The Hall–Kier alpha value is -5.21. The van der Waals surface area contributed by atoms with Crippen molar-refractivity contribution in [3.05, 3.63) is 132 Å². The van der Waals surface area contributed by atoms with Crippen LogP contribution < -0.4 is 15.1 Å². The number of nitrogens with one attached hydrogen (secondary N) is 1. The van der Waals surface area contributed by atoms with Crippen molar-refractivity contribution in [3.8, 4) is 0 Å². The second kappa shape index (κ2) is 14.3. The van der Waals surface area contributed by atoms with Crippen molar-refractivity contribution < 1.29 is 19.1 Å². The van der Waals surface area contributed by atoms with Crippen LogP contribution in [0.2, 0.25) is 0 Å². The van der Waals surface area contributed by atoms with Crippen molar-refractivity contribution in [3.63, 3.8) is 0 Å². The molecule has 1 heterocycles. The summed E-state index contributed by atoms with van der Waals surface area (Å²) in [5, 5.41) is 3.43. The average molecular weight is 589 g/mol. The third kappa shape index (κ3) is 7.59. The fourth-order valence-electron chi connectivity index (χ4n) is 5.02. The van der Waals surface area contributed by atoms with Crippen molar-refractivity contribution in [1.82, 2.24) is 4.90 Å². The van der Waals surface area contributed by atoms with Gasteiger partial charge in [0, 0.05) is 30.2 Å². The number of anilines is 3. The smallest absolute Gasteiger partial charge is 0.421 e. The highest BCUT2D eigenvalue weighted by atomic mass is 16.6. The van der Waals surface area contributed by atoms with E-state index >= 15 is 0 Å². The van der Waals surface area contributed by atoms with Gasteiger partial charge in [-0.1, -0.05) is 78.9 Å². The number of imide groups is 1. The highest BCUT2D eigenvalue weighted by Crippen LogP contribution is 2.29. The van der Waals surface area contributed by atoms with E-state index in [0.29, 0.717) is 18.7 Å². The summed E-state index contributed by atoms with van der Waals surface area (Å²) in [6, 6.07) is 34.4.